The SMILES string of the molecule is CNCc1cc(Oc2ccc3c(ccn3C(=O)Nc3cc(C(C)(C)C)[nH]n3)c2)ncn1. The molecule has 1 aromatic carbocycles. The number of hydrogen-bond donors (Lipinski definition) is 3. The lowest BCUT2D eigenvalue weighted by atomic mass is 9.92. The Kier molecular flexibility index (Phi) is 5.43. The molecule has 3 heterocycles. The van der Waals surface area contributed by atoms with Gasteiger partial charge in [0, 0.05) is 41.4 Å². The zero-order valence-electron chi connectivity index (χ0n) is 17.9. The summed E-state index contributed by atoms with van der Waals surface area (Å²) in [5.74, 6) is 1.57. The summed E-state index contributed by atoms with van der Waals surface area (Å²) in [4.78, 5) is 21.1. The summed E-state index contributed by atoms with van der Waals surface area (Å²) in [7, 11) is 1.85. The molecule has 0 atom stereocenters. The van der Waals surface area contributed by atoms with Crippen molar-refractivity contribution in [1.29, 1.82) is 0 Å². The van der Waals surface area contributed by atoms with Crippen molar-refractivity contribution in [1.82, 2.24) is 30.0 Å². The van der Waals surface area contributed by atoms with Crippen LogP contribution >= 0.6 is 0 Å². The number of benzene rings is 1. The summed E-state index contributed by atoms with van der Waals surface area (Å²) >= 11 is 0. The van der Waals surface area contributed by atoms with E-state index in [1.807, 2.05) is 31.3 Å². The monoisotopic (exact) mass is 419 g/mol. The second-order valence-electron chi connectivity index (χ2n) is 8.23. The highest BCUT2D eigenvalue weighted by Crippen LogP contribution is 2.26. The third kappa shape index (κ3) is 4.56. The van der Waals surface area contributed by atoms with E-state index in [1.165, 1.54) is 6.33 Å². The van der Waals surface area contributed by atoms with Crippen LogP contribution in [0.1, 0.15) is 32.2 Å². The van der Waals surface area contributed by atoms with Crippen molar-refractivity contribution in [3.8, 4) is 11.6 Å². The molecule has 1 amide bonds. The van der Waals surface area contributed by atoms with Gasteiger partial charge in [0.15, 0.2) is 5.82 Å². The fourth-order valence-electron chi connectivity index (χ4n) is 3.13. The van der Waals surface area contributed by atoms with E-state index in [4.69, 9.17) is 4.74 Å². The largest absolute Gasteiger partial charge is 0.439 e. The number of anilines is 1. The highest BCUT2D eigenvalue weighted by molar-refractivity contribution is 5.98. The van der Waals surface area contributed by atoms with E-state index in [2.05, 4.69) is 51.6 Å². The van der Waals surface area contributed by atoms with E-state index >= 15 is 0 Å². The van der Waals surface area contributed by atoms with E-state index in [0.29, 0.717) is 24.0 Å². The first-order valence-corrected chi connectivity index (χ1v) is 9.95. The number of rotatable bonds is 5. The molecule has 0 radical (unpaired) electrons. The highest BCUT2D eigenvalue weighted by atomic mass is 16.5. The summed E-state index contributed by atoms with van der Waals surface area (Å²) < 4.78 is 7.41. The number of aromatic amines is 1. The van der Waals surface area contributed by atoms with E-state index in [9.17, 15) is 4.79 Å². The van der Waals surface area contributed by atoms with Gasteiger partial charge in [-0.1, -0.05) is 20.8 Å². The molecule has 0 aliphatic carbocycles. The van der Waals surface area contributed by atoms with Crippen LogP contribution < -0.4 is 15.4 Å². The smallest absolute Gasteiger partial charge is 0.331 e. The Labute approximate surface area is 179 Å². The lowest BCUT2D eigenvalue weighted by Gasteiger charge is -2.14. The van der Waals surface area contributed by atoms with Crippen LogP contribution in [0.5, 0.6) is 11.6 Å². The predicted molar refractivity (Wildman–Crippen MR) is 119 cm³/mol. The first-order valence-electron chi connectivity index (χ1n) is 9.95. The number of ether oxygens (including phenoxy) is 1. The van der Waals surface area contributed by atoms with Crippen molar-refractivity contribution in [3.63, 3.8) is 0 Å². The molecule has 0 saturated heterocycles. The lowest BCUT2D eigenvalue weighted by molar-refractivity contribution is 0.254. The van der Waals surface area contributed by atoms with Gasteiger partial charge >= 0.3 is 6.03 Å². The molecular formula is C22H25N7O2. The molecular weight excluding hydrogens is 394 g/mol. The topological polar surface area (TPSA) is 110 Å². The zero-order chi connectivity index (χ0) is 22.0. The lowest BCUT2D eigenvalue weighted by Crippen LogP contribution is -2.18. The molecule has 31 heavy (non-hydrogen) atoms. The van der Waals surface area contributed by atoms with Gasteiger partial charge in [-0.2, -0.15) is 5.10 Å². The van der Waals surface area contributed by atoms with Crippen LogP contribution in [0.2, 0.25) is 0 Å². The number of nitrogens with one attached hydrogen (secondary N) is 3. The van der Waals surface area contributed by atoms with Crippen LogP contribution in [0.15, 0.2) is 48.9 Å². The first kappa shape index (κ1) is 20.5. The second kappa shape index (κ2) is 8.19. The van der Waals surface area contributed by atoms with Gasteiger partial charge in [-0.15, -0.1) is 0 Å². The Bertz CT molecular complexity index is 1220. The fourth-order valence-corrected chi connectivity index (χ4v) is 3.13. The number of H-pyrrole nitrogens is 1. The van der Waals surface area contributed by atoms with Crippen molar-refractivity contribution in [2.75, 3.05) is 12.4 Å². The molecule has 0 aliphatic heterocycles. The highest BCUT2D eigenvalue weighted by Gasteiger charge is 2.18. The number of aromatic nitrogens is 5. The van der Waals surface area contributed by atoms with Gasteiger partial charge in [0.05, 0.1) is 11.2 Å². The van der Waals surface area contributed by atoms with Gasteiger partial charge in [-0.25, -0.2) is 14.8 Å². The standard InChI is InChI=1S/C22H25N7O2/c1-22(2,3)18-11-19(28-27-18)26-21(30)29-8-7-14-9-16(5-6-17(14)29)31-20-10-15(12-23-4)24-13-25-20/h5-11,13,23H,12H2,1-4H3,(H2,26,27,28,30). The normalized spacial score (nSPS) is 11.6. The van der Waals surface area contributed by atoms with Crippen molar-refractivity contribution >= 4 is 22.8 Å². The Morgan fingerprint density at radius 2 is 2.00 bits per heavy atom. The van der Waals surface area contributed by atoms with Crippen LogP contribution in [0.3, 0.4) is 0 Å². The maximum absolute atomic E-state index is 12.8. The van der Waals surface area contributed by atoms with Crippen molar-refractivity contribution in [2.45, 2.75) is 32.7 Å². The Balaban J connectivity index is 1.51. The Hall–Kier alpha value is -3.72. The number of carbonyl (C=O) groups excluding carboxylic acids is 1. The summed E-state index contributed by atoms with van der Waals surface area (Å²) in [5, 5.41) is 13.9. The summed E-state index contributed by atoms with van der Waals surface area (Å²) in [6.07, 6.45) is 3.19. The molecule has 4 aromatic rings. The van der Waals surface area contributed by atoms with Gasteiger partial charge in [-0.3, -0.25) is 15.0 Å². The number of nitrogens with zero attached hydrogens (tertiary/aromatic N) is 4. The van der Waals surface area contributed by atoms with Gasteiger partial charge in [0.1, 0.15) is 12.1 Å². The number of fused-ring (bicyclic) bond motifs is 1. The maximum atomic E-state index is 12.8. The van der Waals surface area contributed by atoms with Gasteiger partial charge in [0.2, 0.25) is 5.88 Å². The van der Waals surface area contributed by atoms with Gasteiger partial charge in [-0.05, 0) is 31.3 Å². The molecule has 9 nitrogen and oxygen atoms in total. The van der Waals surface area contributed by atoms with Crippen molar-refractivity contribution in [2.24, 2.45) is 0 Å². The van der Waals surface area contributed by atoms with E-state index in [1.54, 1.807) is 22.9 Å². The molecule has 9 heteroatoms. The molecule has 160 valence electrons. The molecule has 3 N–H and O–H groups in total. The van der Waals surface area contributed by atoms with Crippen LogP contribution in [-0.2, 0) is 12.0 Å². The molecule has 0 aliphatic rings. The van der Waals surface area contributed by atoms with E-state index in [0.717, 1.165) is 22.3 Å². The average Bonchev–Trinajstić information content (AvgIpc) is 3.35. The van der Waals surface area contributed by atoms with Crippen LogP contribution in [0.4, 0.5) is 10.6 Å². The number of amides is 1. The van der Waals surface area contributed by atoms with Crippen molar-refractivity contribution < 1.29 is 9.53 Å². The Morgan fingerprint density at radius 1 is 1.16 bits per heavy atom. The summed E-state index contributed by atoms with van der Waals surface area (Å²) in [6.45, 7) is 6.86. The summed E-state index contributed by atoms with van der Waals surface area (Å²) in [6, 6.07) is 10.7. The zero-order valence-corrected chi connectivity index (χ0v) is 17.9. The minimum absolute atomic E-state index is 0.0794. The fraction of sp³-hybridized carbons (Fsp3) is 0.273. The Morgan fingerprint density at radius 3 is 2.74 bits per heavy atom. The maximum Gasteiger partial charge on any atom is 0.331 e. The molecule has 0 bridgehead atoms. The first-order chi connectivity index (χ1) is 14.8. The minimum Gasteiger partial charge on any atom is -0.439 e. The molecule has 0 saturated carbocycles. The third-order valence-corrected chi connectivity index (χ3v) is 4.78. The average molecular weight is 419 g/mol. The minimum atomic E-state index is -0.289. The molecule has 4 rings (SSSR count). The van der Waals surface area contributed by atoms with E-state index < -0.39 is 0 Å². The van der Waals surface area contributed by atoms with Crippen LogP contribution in [0, 0.1) is 0 Å². The van der Waals surface area contributed by atoms with E-state index in [-0.39, 0.29) is 11.4 Å². The van der Waals surface area contributed by atoms with Gasteiger partial charge < -0.3 is 10.1 Å². The number of carbonyl (C=O) groups is 1. The molecule has 0 spiro atoms. The molecule has 3 aromatic heterocycles. The van der Waals surface area contributed by atoms with Gasteiger partial charge in [0.25, 0.3) is 0 Å². The number of hydrogen-bond acceptors (Lipinski definition) is 6. The third-order valence-electron chi connectivity index (χ3n) is 4.78. The second-order valence-corrected chi connectivity index (χ2v) is 8.23. The molecule has 0 unspecified atom stereocenters. The van der Waals surface area contributed by atoms with Crippen LogP contribution in [-0.4, -0.2) is 37.8 Å². The quantitative estimate of drug-likeness (QED) is 0.450. The molecule has 0 fully saturated rings. The summed E-state index contributed by atoms with van der Waals surface area (Å²) in [5.41, 5.74) is 2.47. The predicted octanol–water partition coefficient (Wildman–Crippen LogP) is 4.04. The van der Waals surface area contributed by atoms with Crippen molar-refractivity contribution in [3.05, 3.63) is 60.3 Å². The van der Waals surface area contributed by atoms with Crippen LogP contribution in [0.25, 0.3) is 10.9 Å².